The second kappa shape index (κ2) is 6.22. The third-order valence-corrected chi connectivity index (χ3v) is 4.12. The number of carbonyl (C=O) groups is 1. The zero-order valence-corrected chi connectivity index (χ0v) is 11.7. The fraction of sp³-hybridized carbons (Fsp3) is 0.750. The van der Waals surface area contributed by atoms with Gasteiger partial charge in [0.25, 0.3) is 0 Å². The van der Waals surface area contributed by atoms with Crippen LogP contribution in [0.5, 0.6) is 0 Å². The van der Waals surface area contributed by atoms with Crippen LogP contribution in [-0.4, -0.2) is 32.5 Å². The fourth-order valence-corrected chi connectivity index (χ4v) is 2.62. The predicted molar refractivity (Wildman–Crippen MR) is 71.5 cm³/mol. The highest BCUT2D eigenvalue weighted by Gasteiger charge is 2.26. The van der Waals surface area contributed by atoms with Crippen molar-refractivity contribution in [3.63, 3.8) is 0 Å². The van der Waals surface area contributed by atoms with Gasteiger partial charge in [0.05, 0.1) is 5.75 Å². The summed E-state index contributed by atoms with van der Waals surface area (Å²) in [5.41, 5.74) is 0. The van der Waals surface area contributed by atoms with E-state index < -0.39 is 0 Å². The van der Waals surface area contributed by atoms with Gasteiger partial charge in [-0.25, -0.2) is 0 Å². The first-order valence-corrected chi connectivity index (χ1v) is 7.54. The Morgan fingerprint density at radius 3 is 2.89 bits per heavy atom. The molecule has 1 heterocycles. The van der Waals surface area contributed by atoms with Gasteiger partial charge in [0.1, 0.15) is 6.33 Å². The molecule has 0 atom stereocenters. The van der Waals surface area contributed by atoms with Crippen LogP contribution in [-0.2, 0) is 4.79 Å². The Bertz CT molecular complexity index is 399. The third kappa shape index (κ3) is 3.48. The van der Waals surface area contributed by atoms with Crippen LogP contribution in [0.15, 0.2) is 11.5 Å². The maximum Gasteiger partial charge on any atom is 0.230 e. The van der Waals surface area contributed by atoms with Crippen molar-refractivity contribution in [2.75, 3.05) is 5.75 Å². The van der Waals surface area contributed by atoms with E-state index in [1.165, 1.54) is 24.6 Å². The van der Waals surface area contributed by atoms with Crippen LogP contribution >= 0.6 is 11.8 Å². The van der Waals surface area contributed by atoms with Gasteiger partial charge in [-0.3, -0.25) is 4.79 Å². The molecule has 0 bridgehead atoms. The summed E-state index contributed by atoms with van der Waals surface area (Å²) < 4.78 is 2.08. The highest BCUT2D eigenvalue weighted by molar-refractivity contribution is 7.99. The first kappa shape index (κ1) is 13.4. The molecule has 1 aliphatic carbocycles. The van der Waals surface area contributed by atoms with E-state index >= 15 is 0 Å². The van der Waals surface area contributed by atoms with Crippen LogP contribution in [0.25, 0.3) is 0 Å². The number of thioether (sulfide) groups is 1. The van der Waals surface area contributed by atoms with Gasteiger partial charge >= 0.3 is 0 Å². The van der Waals surface area contributed by atoms with Gasteiger partial charge in [0, 0.05) is 12.1 Å². The fourth-order valence-electron chi connectivity index (χ4n) is 1.83. The van der Waals surface area contributed by atoms with E-state index in [4.69, 9.17) is 0 Å². The molecule has 0 spiro atoms. The number of aromatic nitrogens is 3. The average Bonchev–Trinajstić information content (AvgIpc) is 3.12. The lowest BCUT2D eigenvalue weighted by Gasteiger charge is -2.14. The molecule has 0 unspecified atom stereocenters. The lowest BCUT2D eigenvalue weighted by molar-refractivity contribution is -0.119. The summed E-state index contributed by atoms with van der Waals surface area (Å²) in [4.78, 5) is 11.8. The highest BCUT2D eigenvalue weighted by Crippen LogP contribution is 2.37. The van der Waals surface area contributed by atoms with Crippen molar-refractivity contribution >= 4 is 17.7 Å². The lowest BCUT2D eigenvalue weighted by atomic mass is 10.2. The molecule has 2 rings (SSSR count). The topological polar surface area (TPSA) is 59.8 Å². The monoisotopic (exact) mass is 268 g/mol. The smallest absolute Gasteiger partial charge is 0.230 e. The van der Waals surface area contributed by atoms with Crippen molar-refractivity contribution in [2.45, 2.75) is 56.8 Å². The molecule has 100 valence electrons. The van der Waals surface area contributed by atoms with Crippen molar-refractivity contribution in [3.8, 4) is 0 Å². The minimum atomic E-state index is 0.0825. The van der Waals surface area contributed by atoms with Crippen molar-refractivity contribution in [1.82, 2.24) is 20.1 Å². The van der Waals surface area contributed by atoms with Crippen LogP contribution in [0.2, 0.25) is 0 Å². The molecule has 5 nitrogen and oxygen atoms in total. The molecular formula is C12H20N4OS. The SMILES string of the molecule is CCC(CC)NC(=O)CSc1nncn1C1CC1. The van der Waals surface area contributed by atoms with Crippen molar-refractivity contribution in [1.29, 1.82) is 0 Å². The zero-order valence-electron chi connectivity index (χ0n) is 10.9. The van der Waals surface area contributed by atoms with E-state index in [0.29, 0.717) is 17.8 Å². The summed E-state index contributed by atoms with van der Waals surface area (Å²) in [5, 5.41) is 11.9. The summed E-state index contributed by atoms with van der Waals surface area (Å²) in [6, 6.07) is 0.851. The molecule has 1 N–H and O–H groups in total. The summed E-state index contributed by atoms with van der Waals surface area (Å²) in [7, 11) is 0. The molecule has 0 aliphatic heterocycles. The van der Waals surface area contributed by atoms with E-state index in [1.54, 1.807) is 6.33 Å². The molecule has 1 aliphatic rings. The summed E-state index contributed by atoms with van der Waals surface area (Å²) in [6.45, 7) is 4.18. The summed E-state index contributed by atoms with van der Waals surface area (Å²) >= 11 is 1.47. The Morgan fingerprint density at radius 1 is 1.56 bits per heavy atom. The standard InChI is InChI=1S/C12H20N4OS/c1-3-9(4-2)14-11(17)7-18-12-15-13-8-16(12)10-5-6-10/h8-10H,3-7H2,1-2H3,(H,14,17). The minimum absolute atomic E-state index is 0.0825. The summed E-state index contributed by atoms with van der Waals surface area (Å²) in [5.74, 6) is 0.501. The Kier molecular flexibility index (Phi) is 4.63. The molecule has 18 heavy (non-hydrogen) atoms. The van der Waals surface area contributed by atoms with Crippen molar-refractivity contribution < 1.29 is 4.79 Å². The number of carbonyl (C=O) groups excluding carboxylic acids is 1. The predicted octanol–water partition coefficient (Wildman–Crippen LogP) is 2.01. The second-order valence-electron chi connectivity index (χ2n) is 4.62. The van der Waals surface area contributed by atoms with E-state index in [9.17, 15) is 4.79 Å². The van der Waals surface area contributed by atoms with Crippen LogP contribution < -0.4 is 5.32 Å². The minimum Gasteiger partial charge on any atom is -0.353 e. The Morgan fingerprint density at radius 2 is 2.28 bits per heavy atom. The Balaban J connectivity index is 1.80. The van der Waals surface area contributed by atoms with Crippen molar-refractivity contribution in [2.24, 2.45) is 0 Å². The third-order valence-electron chi connectivity index (χ3n) is 3.16. The first-order chi connectivity index (χ1) is 8.74. The van der Waals surface area contributed by atoms with E-state index in [0.717, 1.165) is 18.0 Å². The van der Waals surface area contributed by atoms with E-state index in [2.05, 4.69) is 33.9 Å². The van der Waals surface area contributed by atoms with Gasteiger partial charge in [-0.15, -0.1) is 10.2 Å². The number of amides is 1. The van der Waals surface area contributed by atoms with Crippen LogP contribution in [0, 0.1) is 0 Å². The molecule has 0 aromatic carbocycles. The first-order valence-electron chi connectivity index (χ1n) is 6.56. The van der Waals surface area contributed by atoms with E-state index in [1.807, 2.05) is 0 Å². The lowest BCUT2D eigenvalue weighted by Crippen LogP contribution is -2.35. The van der Waals surface area contributed by atoms with Gasteiger partial charge in [0.2, 0.25) is 5.91 Å². The largest absolute Gasteiger partial charge is 0.353 e. The number of hydrogen-bond donors (Lipinski definition) is 1. The van der Waals surface area contributed by atoms with Gasteiger partial charge < -0.3 is 9.88 Å². The number of hydrogen-bond acceptors (Lipinski definition) is 4. The molecule has 1 fully saturated rings. The summed E-state index contributed by atoms with van der Waals surface area (Å²) in [6.07, 6.45) is 6.12. The molecule has 1 aromatic heterocycles. The molecule has 1 aromatic rings. The van der Waals surface area contributed by atoms with Crippen LogP contribution in [0.1, 0.15) is 45.6 Å². The van der Waals surface area contributed by atoms with E-state index in [-0.39, 0.29) is 5.91 Å². The highest BCUT2D eigenvalue weighted by atomic mass is 32.2. The quantitative estimate of drug-likeness (QED) is 0.768. The maximum absolute atomic E-state index is 11.8. The molecule has 1 amide bonds. The molecule has 1 saturated carbocycles. The number of nitrogens with one attached hydrogen (secondary N) is 1. The number of rotatable bonds is 7. The normalized spacial score (nSPS) is 15.1. The maximum atomic E-state index is 11.8. The van der Waals surface area contributed by atoms with Gasteiger partial charge in [0.15, 0.2) is 5.16 Å². The van der Waals surface area contributed by atoms with Crippen molar-refractivity contribution in [3.05, 3.63) is 6.33 Å². The van der Waals surface area contributed by atoms with Gasteiger partial charge in [-0.1, -0.05) is 25.6 Å². The Hall–Kier alpha value is -1.04. The van der Waals surface area contributed by atoms with Crippen LogP contribution in [0.3, 0.4) is 0 Å². The molecule has 6 heteroatoms. The Labute approximate surface area is 112 Å². The van der Waals surface area contributed by atoms with Gasteiger partial charge in [-0.05, 0) is 25.7 Å². The molecule has 0 saturated heterocycles. The molecular weight excluding hydrogens is 248 g/mol. The zero-order chi connectivity index (χ0) is 13.0. The second-order valence-corrected chi connectivity index (χ2v) is 5.56. The number of nitrogens with zero attached hydrogens (tertiary/aromatic N) is 3. The average molecular weight is 268 g/mol. The molecule has 0 radical (unpaired) electrons. The van der Waals surface area contributed by atoms with Crippen LogP contribution in [0.4, 0.5) is 0 Å². The van der Waals surface area contributed by atoms with Gasteiger partial charge in [-0.2, -0.15) is 0 Å².